The lowest BCUT2D eigenvalue weighted by Crippen LogP contribution is -2.47. The maximum Gasteiger partial charge on any atom is 0.243 e. The van der Waals surface area contributed by atoms with Crippen LogP contribution < -0.4 is 5.32 Å². The smallest absolute Gasteiger partial charge is 0.243 e. The maximum absolute atomic E-state index is 12.7. The Balaban J connectivity index is 1.64. The summed E-state index contributed by atoms with van der Waals surface area (Å²) in [5, 5.41) is 3.97. The number of nitrogens with one attached hydrogen (secondary N) is 1. The molecule has 0 aliphatic carbocycles. The van der Waals surface area contributed by atoms with Gasteiger partial charge in [0.2, 0.25) is 11.8 Å². The number of thioether (sulfide) groups is 1. The van der Waals surface area contributed by atoms with Gasteiger partial charge >= 0.3 is 0 Å². The molecule has 0 bridgehead atoms. The monoisotopic (exact) mass is 436 g/mol. The largest absolute Gasteiger partial charge is 0.354 e. The number of hydrogen-bond donors (Lipinski definition) is 1. The van der Waals surface area contributed by atoms with Crippen LogP contribution in [0.3, 0.4) is 0 Å². The number of carbonyl (C=O) groups is 2. The Labute approximate surface area is 179 Å². The fraction of sp³-hybridized carbons (Fsp3) is 0.333. The van der Waals surface area contributed by atoms with Crippen LogP contribution in [0.4, 0.5) is 0 Å². The minimum Gasteiger partial charge on any atom is -0.354 e. The molecule has 1 aliphatic heterocycles. The predicted molar refractivity (Wildman–Crippen MR) is 116 cm³/mol. The molecule has 0 radical (unpaired) electrons. The number of carbonyl (C=O) groups excluding carboxylic acids is 2. The van der Waals surface area contributed by atoms with Crippen LogP contribution in [-0.2, 0) is 16.0 Å². The molecular formula is C21H22Cl2N2O2S. The second-order valence-corrected chi connectivity index (χ2v) is 8.77. The molecule has 2 amide bonds. The van der Waals surface area contributed by atoms with E-state index in [0.717, 1.165) is 16.7 Å². The van der Waals surface area contributed by atoms with E-state index in [0.29, 0.717) is 28.8 Å². The van der Waals surface area contributed by atoms with Crippen molar-refractivity contribution < 1.29 is 9.59 Å². The average molecular weight is 437 g/mol. The van der Waals surface area contributed by atoms with Crippen molar-refractivity contribution >= 4 is 46.8 Å². The summed E-state index contributed by atoms with van der Waals surface area (Å²) in [6.45, 7) is 3.99. The molecule has 2 aromatic rings. The number of halogens is 2. The molecule has 4 nitrogen and oxygen atoms in total. The van der Waals surface area contributed by atoms with Gasteiger partial charge in [-0.3, -0.25) is 9.59 Å². The molecule has 1 saturated heterocycles. The lowest BCUT2D eigenvalue weighted by atomic mass is 10.1. The van der Waals surface area contributed by atoms with Gasteiger partial charge < -0.3 is 10.2 Å². The molecule has 7 heteroatoms. The second kappa shape index (κ2) is 9.21. The summed E-state index contributed by atoms with van der Waals surface area (Å²) in [7, 11) is 0. The first-order chi connectivity index (χ1) is 13.4. The van der Waals surface area contributed by atoms with Gasteiger partial charge in [-0.05, 0) is 36.6 Å². The Bertz CT molecular complexity index is 873. The first kappa shape index (κ1) is 21.0. The topological polar surface area (TPSA) is 49.4 Å². The fourth-order valence-electron chi connectivity index (χ4n) is 3.24. The number of aryl methyl sites for hydroxylation is 1. The van der Waals surface area contributed by atoms with E-state index in [2.05, 4.69) is 5.32 Å². The van der Waals surface area contributed by atoms with Crippen LogP contribution in [0.1, 0.15) is 29.0 Å². The molecule has 1 fully saturated rings. The number of amides is 2. The van der Waals surface area contributed by atoms with Crippen molar-refractivity contribution in [2.75, 3.05) is 12.3 Å². The van der Waals surface area contributed by atoms with Gasteiger partial charge in [-0.2, -0.15) is 0 Å². The van der Waals surface area contributed by atoms with Gasteiger partial charge in [-0.15, -0.1) is 11.8 Å². The van der Waals surface area contributed by atoms with E-state index in [1.807, 2.05) is 37.3 Å². The quantitative estimate of drug-likeness (QED) is 0.743. The number of hydrogen-bond acceptors (Lipinski definition) is 3. The zero-order valence-corrected chi connectivity index (χ0v) is 18.1. The molecule has 28 heavy (non-hydrogen) atoms. The summed E-state index contributed by atoms with van der Waals surface area (Å²) >= 11 is 13.7. The van der Waals surface area contributed by atoms with Crippen molar-refractivity contribution in [1.82, 2.24) is 10.2 Å². The Morgan fingerprint density at radius 3 is 2.54 bits per heavy atom. The summed E-state index contributed by atoms with van der Waals surface area (Å²) in [6.07, 6.45) is 0.600. The Morgan fingerprint density at radius 2 is 1.89 bits per heavy atom. The van der Waals surface area contributed by atoms with Gasteiger partial charge in [0, 0.05) is 29.3 Å². The highest BCUT2D eigenvalue weighted by molar-refractivity contribution is 7.99. The second-order valence-electron chi connectivity index (χ2n) is 6.82. The summed E-state index contributed by atoms with van der Waals surface area (Å²) in [4.78, 5) is 26.7. The summed E-state index contributed by atoms with van der Waals surface area (Å²) < 4.78 is 0. The third-order valence-corrected chi connectivity index (χ3v) is 6.65. The van der Waals surface area contributed by atoms with Gasteiger partial charge in [-0.1, -0.05) is 59.1 Å². The molecule has 2 atom stereocenters. The first-order valence-corrected chi connectivity index (χ1v) is 10.9. The highest BCUT2D eigenvalue weighted by Crippen LogP contribution is 2.41. The van der Waals surface area contributed by atoms with Gasteiger partial charge in [0.15, 0.2) is 0 Å². The van der Waals surface area contributed by atoms with Crippen LogP contribution in [0, 0.1) is 6.92 Å². The zero-order valence-electron chi connectivity index (χ0n) is 15.7. The first-order valence-electron chi connectivity index (χ1n) is 9.05. The Kier molecular flexibility index (Phi) is 6.91. The molecule has 0 unspecified atom stereocenters. The third kappa shape index (κ3) is 4.83. The van der Waals surface area contributed by atoms with Gasteiger partial charge in [0.05, 0.1) is 0 Å². The molecule has 0 spiro atoms. The average Bonchev–Trinajstić information content (AvgIpc) is 3.09. The highest BCUT2D eigenvalue weighted by atomic mass is 35.5. The van der Waals surface area contributed by atoms with Gasteiger partial charge in [0.1, 0.15) is 11.4 Å². The van der Waals surface area contributed by atoms with Crippen molar-refractivity contribution in [3.63, 3.8) is 0 Å². The standard InChI is InChI=1S/C21H22Cl2N2O2S/c1-13-3-5-16(6-4-13)21-25(14(2)26)19(12-28-21)20(27)24-10-9-15-7-8-17(22)11-18(15)23/h3-8,11,19,21H,9-10,12H2,1-2H3,(H,24,27)/t19-,21-/m1/s1. The number of benzene rings is 2. The Hall–Kier alpha value is -1.69. The maximum atomic E-state index is 12.7. The van der Waals surface area contributed by atoms with E-state index < -0.39 is 6.04 Å². The summed E-state index contributed by atoms with van der Waals surface area (Å²) in [5.74, 6) is 0.338. The lowest BCUT2D eigenvalue weighted by molar-refractivity contribution is -0.138. The normalized spacial score (nSPS) is 18.9. The van der Waals surface area contributed by atoms with Crippen LogP contribution in [0.25, 0.3) is 0 Å². The molecule has 1 aliphatic rings. The van der Waals surface area contributed by atoms with Gasteiger partial charge in [-0.25, -0.2) is 0 Å². The summed E-state index contributed by atoms with van der Waals surface area (Å²) in [6, 6.07) is 12.9. The van der Waals surface area contributed by atoms with Gasteiger partial charge in [0.25, 0.3) is 0 Å². The zero-order chi connectivity index (χ0) is 20.3. The SMILES string of the molecule is CC(=O)N1[C@@H](C(=O)NCCc2ccc(Cl)cc2Cl)CS[C@@H]1c1ccc(C)cc1. The molecule has 0 saturated carbocycles. The van der Waals surface area contributed by atoms with E-state index in [9.17, 15) is 9.59 Å². The van der Waals surface area contributed by atoms with Crippen LogP contribution in [0.5, 0.6) is 0 Å². The van der Waals surface area contributed by atoms with Crippen LogP contribution in [0.15, 0.2) is 42.5 Å². The Morgan fingerprint density at radius 1 is 1.18 bits per heavy atom. The van der Waals surface area contributed by atoms with Crippen LogP contribution in [0.2, 0.25) is 10.0 Å². The third-order valence-electron chi connectivity index (χ3n) is 4.74. The van der Waals surface area contributed by atoms with Crippen LogP contribution >= 0.6 is 35.0 Å². The van der Waals surface area contributed by atoms with Crippen molar-refractivity contribution in [3.8, 4) is 0 Å². The molecule has 1 heterocycles. The molecular weight excluding hydrogens is 415 g/mol. The highest BCUT2D eigenvalue weighted by Gasteiger charge is 2.40. The van der Waals surface area contributed by atoms with E-state index in [1.54, 1.807) is 28.8 Å². The van der Waals surface area contributed by atoms with Crippen LogP contribution in [-0.4, -0.2) is 35.1 Å². The molecule has 148 valence electrons. The van der Waals surface area contributed by atoms with E-state index >= 15 is 0 Å². The van der Waals surface area contributed by atoms with Crippen molar-refractivity contribution in [1.29, 1.82) is 0 Å². The van der Waals surface area contributed by atoms with E-state index in [1.165, 1.54) is 6.92 Å². The molecule has 2 aromatic carbocycles. The minimum atomic E-state index is -0.477. The van der Waals surface area contributed by atoms with Crippen molar-refractivity contribution in [2.45, 2.75) is 31.7 Å². The summed E-state index contributed by atoms with van der Waals surface area (Å²) in [5.41, 5.74) is 3.12. The van der Waals surface area contributed by atoms with E-state index in [-0.39, 0.29) is 17.2 Å². The molecule has 3 rings (SSSR count). The number of nitrogens with zero attached hydrogens (tertiary/aromatic N) is 1. The number of rotatable bonds is 5. The fourth-order valence-corrected chi connectivity index (χ4v) is 5.23. The predicted octanol–water partition coefficient (Wildman–Crippen LogP) is 4.62. The lowest BCUT2D eigenvalue weighted by Gasteiger charge is -2.28. The van der Waals surface area contributed by atoms with Crippen molar-refractivity contribution in [2.24, 2.45) is 0 Å². The molecule has 0 aromatic heterocycles. The van der Waals surface area contributed by atoms with Crippen molar-refractivity contribution in [3.05, 3.63) is 69.2 Å². The van der Waals surface area contributed by atoms with E-state index in [4.69, 9.17) is 23.2 Å². The minimum absolute atomic E-state index is 0.100. The molecule has 1 N–H and O–H groups in total.